The minimum atomic E-state index is -0.720. The van der Waals surface area contributed by atoms with Crippen molar-refractivity contribution < 1.29 is 14.3 Å². The van der Waals surface area contributed by atoms with Gasteiger partial charge in [0.25, 0.3) is 0 Å². The van der Waals surface area contributed by atoms with E-state index in [2.05, 4.69) is 0 Å². The maximum atomic E-state index is 13.2. The second-order valence-corrected chi connectivity index (χ2v) is 6.63. The first-order valence-corrected chi connectivity index (χ1v) is 8.34. The maximum absolute atomic E-state index is 13.2. The summed E-state index contributed by atoms with van der Waals surface area (Å²) in [5.41, 5.74) is 0.897. The van der Waals surface area contributed by atoms with Crippen molar-refractivity contribution in [2.75, 3.05) is 13.2 Å². The third-order valence-electron chi connectivity index (χ3n) is 5.46. The molecular weight excluding hydrogens is 276 g/mol. The van der Waals surface area contributed by atoms with Crippen LogP contribution in [0.5, 0.6) is 0 Å². The van der Waals surface area contributed by atoms with Crippen LogP contribution < -0.4 is 0 Å². The van der Waals surface area contributed by atoms with E-state index in [0.717, 1.165) is 56.3 Å². The Bertz CT molecular complexity index is 590. The predicted molar refractivity (Wildman–Crippen MR) is 84.5 cm³/mol. The van der Waals surface area contributed by atoms with Gasteiger partial charge in [0.15, 0.2) is 11.4 Å². The summed E-state index contributed by atoms with van der Waals surface area (Å²) in [6.07, 6.45) is 7.48. The van der Waals surface area contributed by atoms with Crippen LogP contribution in [-0.2, 0) is 14.3 Å². The number of benzene rings is 1. The lowest BCUT2D eigenvalue weighted by molar-refractivity contribution is -0.186. The number of carbonyl (C=O) groups is 1. The molecule has 2 spiro atoms. The number of hydrogen-bond donors (Lipinski definition) is 0. The Morgan fingerprint density at radius 1 is 0.955 bits per heavy atom. The highest BCUT2D eigenvalue weighted by atomic mass is 16.6. The lowest BCUT2D eigenvalue weighted by atomic mass is 9.66. The quantitative estimate of drug-likeness (QED) is 0.744. The monoisotopic (exact) mass is 298 g/mol. The van der Waals surface area contributed by atoms with E-state index in [1.165, 1.54) is 0 Å². The van der Waals surface area contributed by atoms with Crippen LogP contribution in [0, 0.1) is 0 Å². The van der Waals surface area contributed by atoms with Gasteiger partial charge in [-0.3, -0.25) is 4.79 Å². The zero-order chi connectivity index (χ0) is 15.0. The van der Waals surface area contributed by atoms with Crippen LogP contribution in [0.2, 0.25) is 0 Å². The molecule has 2 atom stereocenters. The summed E-state index contributed by atoms with van der Waals surface area (Å²) in [4.78, 5) is 13.2. The molecule has 0 radical (unpaired) electrons. The molecule has 3 heteroatoms. The molecule has 0 N–H and O–H groups in total. The van der Waals surface area contributed by atoms with Crippen LogP contribution in [0.4, 0.5) is 0 Å². The molecule has 0 bridgehead atoms. The Labute approximate surface area is 131 Å². The van der Waals surface area contributed by atoms with Gasteiger partial charge < -0.3 is 9.47 Å². The lowest BCUT2D eigenvalue weighted by Gasteiger charge is -2.47. The van der Waals surface area contributed by atoms with Crippen LogP contribution in [0.25, 0.3) is 6.08 Å². The number of fused-ring (bicyclic) bond motifs is 1. The van der Waals surface area contributed by atoms with Gasteiger partial charge >= 0.3 is 0 Å². The molecule has 3 nitrogen and oxygen atoms in total. The first-order chi connectivity index (χ1) is 10.8. The standard InChI is InChI=1S/C19H22O3/c20-17-16(14-15-6-2-1-3-7-15)8-11-18(9-4-12-21-18)19(17)10-5-13-22-19/h1-3,6-7,14H,4-5,8-13H2/b16-14+/t18-,19-/m1/s1. The molecule has 2 heterocycles. The van der Waals surface area contributed by atoms with Crippen molar-refractivity contribution in [3.05, 3.63) is 41.5 Å². The number of Topliss-reactive ketones (excluding diaryl/α,β-unsaturated/α-hetero) is 1. The highest BCUT2D eigenvalue weighted by Gasteiger charge is 2.63. The van der Waals surface area contributed by atoms with Gasteiger partial charge in [-0.15, -0.1) is 0 Å². The van der Waals surface area contributed by atoms with E-state index in [1.807, 2.05) is 36.4 Å². The summed E-state index contributed by atoms with van der Waals surface area (Å²) in [5, 5.41) is 0. The summed E-state index contributed by atoms with van der Waals surface area (Å²) >= 11 is 0. The van der Waals surface area contributed by atoms with Crippen LogP contribution in [0.3, 0.4) is 0 Å². The van der Waals surface area contributed by atoms with Crippen LogP contribution in [-0.4, -0.2) is 30.2 Å². The third-order valence-corrected chi connectivity index (χ3v) is 5.46. The fraction of sp³-hybridized carbons (Fsp3) is 0.526. The highest BCUT2D eigenvalue weighted by Crippen LogP contribution is 2.52. The van der Waals surface area contributed by atoms with E-state index in [9.17, 15) is 4.79 Å². The van der Waals surface area contributed by atoms with Crippen LogP contribution in [0.15, 0.2) is 35.9 Å². The van der Waals surface area contributed by atoms with Crippen molar-refractivity contribution in [2.24, 2.45) is 0 Å². The van der Waals surface area contributed by atoms with E-state index >= 15 is 0 Å². The van der Waals surface area contributed by atoms with Gasteiger partial charge in [0.2, 0.25) is 0 Å². The van der Waals surface area contributed by atoms with Gasteiger partial charge in [-0.1, -0.05) is 30.3 Å². The molecule has 1 aromatic rings. The molecule has 2 aliphatic heterocycles. The summed E-state index contributed by atoms with van der Waals surface area (Å²) in [5.74, 6) is 0.169. The number of ketones is 1. The molecule has 3 aliphatic rings. The van der Waals surface area contributed by atoms with Crippen molar-refractivity contribution >= 4 is 11.9 Å². The van der Waals surface area contributed by atoms with Gasteiger partial charge in [0.05, 0.1) is 0 Å². The van der Waals surface area contributed by atoms with Gasteiger partial charge in [0, 0.05) is 13.2 Å². The van der Waals surface area contributed by atoms with E-state index < -0.39 is 5.60 Å². The Balaban J connectivity index is 1.72. The summed E-state index contributed by atoms with van der Waals surface area (Å²) in [6.45, 7) is 1.44. The molecule has 22 heavy (non-hydrogen) atoms. The fourth-order valence-corrected chi connectivity index (χ4v) is 4.40. The molecule has 116 valence electrons. The maximum Gasteiger partial charge on any atom is 0.193 e. The summed E-state index contributed by atoms with van der Waals surface area (Å²) in [6, 6.07) is 10.1. The molecule has 3 fully saturated rings. The topological polar surface area (TPSA) is 35.5 Å². The van der Waals surface area contributed by atoms with Gasteiger partial charge in [-0.2, -0.15) is 0 Å². The van der Waals surface area contributed by atoms with Gasteiger partial charge in [-0.25, -0.2) is 0 Å². The third kappa shape index (κ3) is 1.99. The smallest absolute Gasteiger partial charge is 0.193 e. The Morgan fingerprint density at radius 3 is 2.41 bits per heavy atom. The van der Waals surface area contributed by atoms with Crippen LogP contribution in [0.1, 0.15) is 44.1 Å². The number of ether oxygens (including phenoxy) is 2. The Kier molecular flexibility index (Phi) is 3.43. The van der Waals surface area contributed by atoms with E-state index in [1.54, 1.807) is 0 Å². The first-order valence-electron chi connectivity index (χ1n) is 8.34. The molecule has 0 aromatic heterocycles. The first kappa shape index (κ1) is 14.2. The molecule has 0 amide bonds. The molecule has 1 saturated carbocycles. The van der Waals surface area contributed by atoms with Gasteiger partial charge in [-0.05, 0) is 55.7 Å². The Morgan fingerprint density at radius 2 is 1.73 bits per heavy atom. The van der Waals surface area contributed by atoms with E-state index in [-0.39, 0.29) is 11.4 Å². The zero-order valence-corrected chi connectivity index (χ0v) is 12.8. The molecule has 1 aliphatic carbocycles. The predicted octanol–water partition coefficient (Wildman–Crippen LogP) is 3.53. The largest absolute Gasteiger partial charge is 0.371 e. The molecule has 1 aromatic carbocycles. The molecule has 0 unspecified atom stereocenters. The van der Waals surface area contributed by atoms with Crippen molar-refractivity contribution in [1.29, 1.82) is 0 Å². The van der Waals surface area contributed by atoms with Crippen molar-refractivity contribution in [3.8, 4) is 0 Å². The van der Waals surface area contributed by atoms with Crippen LogP contribution >= 0.6 is 0 Å². The molecular formula is C19H22O3. The normalized spacial score (nSPS) is 36.7. The Hall–Kier alpha value is -1.45. The second kappa shape index (κ2) is 5.32. The average molecular weight is 298 g/mol. The van der Waals surface area contributed by atoms with E-state index in [4.69, 9.17) is 9.47 Å². The van der Waals surface area contributed by atoms with Crippen molar-refractivity contribution in [3.63, 3.8) is 0 Å². The highest BCUT2D eigenvalue weighted by molar-refractivity contribution is 6.07. The van der Waals surface area contributed by atoms with E-state index in [0.29, 0.717) is 6.61 Å². The molecule has 2 saturated heterocycles. The summed E-state index contributed by atoms with van der Waals surface area (Å²) in [7, 11) is 0. The van der Waals surface area contributed by atoms with Crippen molar-refractivity contribution in [2.45, 2.75) is 49.7 Å². The zero-order valence-electron chi connectivity index (χ0n) is 12.8. The molecule has 4 rings (SSSR count). The average Bonchev–Trinajstić information content (AvgIpc) is 3.21. The number of rotatable bonds is 1. The number of hydrogen-bond acceptors (Lipinski definition) is 3. The number of carbonyl (C=O) groups excluding carboxylic acids is 1. The van der Waals surface area contributed by atoms with Crippen molar-refractivity contribution in [1.82, 2.24) is 0 Å². The lowest BCUT2D eigenvalue weighted by Crippen LogP contribution is -2.61. The minimum absolute atomic E-state index is 0.169. The fourth-order valence-electron chi connectivity index (χ4n) is 4.40. The second-order valence-electron chi connectivity index (χ2n) is 6.63. The summed E-state index contributed by atoms with van der Waals surface area (Å²) < 4.78 is 12.2. The minimum Gasteiger partial charge on any atom is -0.371 e. The SMILES string of the molecule is O=C1/C(=C/c2ccccc2)CC[C@]2(CCCO2)[C@@]12CCCO2. The van der Waals surface area contributed by atoms with Gasteiger partial charge in [0.1, 0.15) is 5.60 Å².